The Morgan fingerprint density at radius 2 is 2.29 bits per heavy atom. The maximum absolute atomic E-state index is 11.5. The van der Waals surface area contributed by atoms with E-state index in [9.17, 15) is 4.79 Å². The molecule has 1 heterocycles. The molecule has 1 saturated carbocycles. The molecule has 1 fully saturated rings. The number of carbonyl (C=O) groups excluding carboxylic acids is 1. The van der Waals surface area contributed by atoms with Gasteiger partial charge in [-0.15, -0.1) is 0 Å². The standard InChI is InChI=1S/C14H23N5O2/c1-9(10-4-5-10)18-13-11(12(15)21)8-17-14(19-13)16-6-2-3-7-20/h8-10,20H,2-7H2,1H3,(H2,15,21)(H2,16,17,18,19)/t9-/m1/s1. The molecule has 0 radical (unpaired) electrons. The SMILES string of the molecule is C[C@@H](Nc1nc(NCCCCO)ncc1C(N)=O)C1CC1. The van der Waals surface area contributed by atoms with Crippen LogP contribution < -0.4 is 16.4 Å². The number of anilines is 2. The summed E-state index contributed by atoms with van der Waals surface area (Å²) < 4.78 is 0. The maximum atomic E-state index is 11.5. The van der Waals surface area contributed by atoms with Crippen LogP contribution in [0.3, 0.4) is 0 Å². The Morgan fingerprint density at radius 1 is 1.52 bits per heavy atom. The molecule has 0 saturated heterocycles. The van der Waals surface area contributed by atoms with Crippen LogP contribution in [-0.4, -0.2) is 40.2 Å². The normalized spacial score (nSPS) is 15.5. The minimum absolute atomic E-state index is 0.175. The van der Waals surface area contributed by atoms with E-state index in [0.717, 1.165) is 12.8 Å². The molecular formula is C14H23N5O2. The van der Waals surface area contributed by atoms with Gasteiger partial charge in [0.1, 0.15) is 5.82 Å². The maximum Gasteiger partial charge on any atom is 0.254 e. The Labute approximate surface area is 124 Å². The van der Waals surface area contributed by atoms with Gasteiger partial charge >= 0.3 is 0 Å². The van der Waals surface area contributed by atoms with E-state index in [0.29, 0.717) is 29.8 Å². The lowest BCUT2D eigenvalue weighted by atomic mass is 10.2. The van der Waals surface area contributed by atoms with Gasteiger partial charge in [0, 0.05) is 25.4 Å². The zero-order valence-corrected chi connectivity index (χ0v) is 12.3. The van der Waals surface area contributed by atoms with Crippen LogP contribution >= 0.6 is 0 Å². The Hall–Kier alpha value is -1.89. The highest BCUT2D eigenvalue weighted by Gasteiger charge is 2.29. The van der Waals surface area contributed by atoms with Crippen molar-refractivity contribution in [1.82, 2.24) is 9.97 Å². The van der Waals surface area contributed by atoms with Crippen LogP contribution in [0.25, 0.3) is 0 Å². The zero-order valence-electron chi connectivity index (χ0n) is 12.3. The zero-order chi connectivity index (χ0) is 15.2. The fraction of sp³-hybridized carbons (Fsp3) is 0.643. The van der Waals surface area contributed by atoms with Crippen LogP contribution in [0.5, 0.6) is 0 Å². The molecule has 0 spiro atoms. The first-order valence-electron chi connectivity index (χ1n) is 7.40. The molecule has 0 aliphatic heterocycles. The monoisotopic (exact) mass is 293 g/mol. The molecule has 0 bridgehead atoms. The molecule has 0 unspecified atom stereocenters. The molecule has 2 rings (SSSR count). The average molecular weight is 293 g/mol. The lowest BCUT2D eigenvalue weighted by Gasteiger charge is -2.16. The van der Waals surface area contributed by atoms with Gasteiger partial charge < -0.3 is 21.5 Å². The van der Waals surface area contributed by atoms with Crippen LogP contribution in [-0.2, 0) is 0 Å². The molecule has 1 aliphatic carbocycles. The van der Waals surface area contributed by atoms with Gasteiger partial charge in [-0.3, -0.25) is 4.79 Å². The van der Waals surface area contributed by atoms with E-state index >= 15 is 0 Å². The molecule has 5 N–H and O–H groups in total. The van der Waals surface area contributed by atoms with Gasteiger partial charge in [-0.25, -0.2) is 4.98 Å². The van der Waals surface area contributed by atoms with Crippen molar-refractivity contribution in [2.24, 2.45) is 11.7 Å². The number of nitrogens with one attached hydrogen (secondary N) is 2. The van der Waals surface area contributed by atoms with Crippen molar-refractivity contribution in [3.05, 3.63) is 11.8 Å². The highest BCUT2D eigenvalue weighted by atomic mass is 16.2. The number of aliphatic hydroxyl groups excluding tert-OH is 1. The highest BCUT2D eigenvalue weighted by molar-refractivity contribution is 5.97. The summed E-state index contributed by atoms with van der Waals surface area (Å²) in [5.41, 5.74) is 5.67. The van der Waals surface area contributed by atoms with E-state index in [1.165, 1.54) is 19.0 Å². The molecule has 7 nitrogen and oxygen atoms in total. The van der Waals surface area contributed by atoms with Crippen LogP contribution in [0.1, 0.15) is 43.0 Å². The summed E-state index contributed by atoms with van der Waals surface area (Å²) in [4.78, 5) is 19.9. The van der Waals surface area contributed by atoms with Crippen molar-refractivity contribution in [1.29, 1.82) is 0 Å². The molecule has 1 amide bonds. The van der Waals surface area contributed by atoms with Crippen molar-refractivity contribution < 1.29 is 9.90 Å². The number of unbranched alkanes of at least 4 members (excludes halogenated alkanes) is 1. The predicted molar refractivity (Wildman–Crippen MR) is 81.2 cm³/mol. The van der Waals surface area contributed by atoms with Crippen molar-refractivity contribution in [2.75, 3.05) is 23.8 Å². The van der Waals surface area contributed by atoms with Crippen molar-refractivity contribution in [3.8, 4) is 0 Å². The van der Waals surface area contributed by atoms with Gasteiger partial charge in [-0.1, -0.05) is 0 Å². The number of aliphatic hydroxyl groups is 1. The Balaban J connectivity index is 2.04. The third-order valence-electron chi connectivity index (χ3n) is 3.62. The van der Waals surface area contributed by atoms with Gasteiger partial charge in [-0.2, -0.15) is 4.98 Å². The number of nitrogens with two attached hydrogens (primary N) is 1. The number of nitrogens with zero attached hydrogens (tertiary/aromatic N) is 2. The van der Waals surface area contributed by atoms with E-state index in [1.54, 1.807) is 0 Å². The fourth-order valence-electron chi connectivity index (χ4n) is 2.12. The second-order valence-corrected chi connectivity index (χ2v) is 5.45. The molecule has 7 heteroatoms. The lowest BCUT2D eigenvalue weighted by molar-refractivity contribution is 0.100. The van der Waals surface area contributed by atoms with Gasteiger partial charge in [-0.05, 0) is 38.5 Å². The Morgan fingerprint density at radius 3 is 2.90 bits per heavy atom. The van der Waals surface area contributed by atoms with E-state index in [-0.39, 0.29) is 12.6 Å². The molecule has 0 aromatic carbocycles. The Kier molecular flexibility index (Phi) is 5.32. The number of aromatic nitrogens is 2. The smallest absolute Gasteiger partial charge is 0.254 e. The fourth-order valence-corrected chi connectivity index (χ4v) is 2.12. The number of carbonyl (C=O) groups is 1. The first-order valence-corrected chi connectivity index (χ1v) is 7.40. The summed E-state index contributed by atoms with van der Waals surface area (Å²) in [6, 6.07) is 0.264. The molecule has 1 aliphatic rings. The Bertz CT molecular complexity index is 490. The van der Waals surface area contributed by atoms with Crippen molar-refractivity contribution >= 4 is 17.7 Å². The van der Waals surface area contributed by atoms with Crippen molar-refractivity contribution in [3.63, 3.8) is 0 Å². The summed E-state index contributed by atoms with van der Waals surface area (Å²) in [5.74, 6) is 1.05. The summed E-state index contributed by atoms with van der Waals surface area (Å²) >= 11 is 0. The van der Waals surface area contributed by atoms with Gasteiger partial charge in [0.15, 0.2) is 0 Å². The van der Waals surface area contributed by atoms with Gasteiger partial charge in [0.25, 0.3) is 5.91 Å². The third kappa shape index (κ3) is 4.56. The first-order chi connectivity index (χ1) is 10.1. The average Bonchev–Trinajstić information content (AvgIpc) is 3.28. The lowest BCUT2D eigenvalue weighted by Crippen LogP contribution is -2.23. The molecule has 1 aromatic rings. The third-order valence-corrected chi connectivity index (χ3v) is 3.62. The van der Waals surface area contributed by atoms with Crippen molar-refractivity contribution in [2.45, 2.75) is 38.6 Å². The molecular weight excluding hydrogens is 270 g/mol. The van der Waals surface area contributed by atoms with Gasteiger partial charge in [0.05, 0.1) is 5.56 Å². The number of primary amides is 1. The van der Waals surface area contributed by atoms with E-state index in [2.05, 4.69) is 27.5 Å². The first kappa shape index (κ1) is 15.5. The quantitative estimate of drug-likeness (QED) is 0.505. The predicted octanol–water partition coefficient (Wildman–Crippen LogP) is 0.970. The molecule has 1 aromatic heterocycles. The summed E-state index contributed by atoms with van der Waals surface area (Å²) in [6.45, 7) is 2.93. The number of hydrogen-bond donors (Lipinski definition) is 4. The van der Waals surface area contributed by atoms with E-state index in [1.807, 2.05) is 0 Å². The molecule has 21 heavy (non-hydrogen) atoms. The number of rotatable bonds is 9. The summed E-state index contributed by atoms with van der Waals surface area (Å²) in [5, 5.41) is 15.1. The van der Waals surface area contributed by atoms with Crippen LogP contribution in [0.4, 0.5) is 11.8 Å². The number of hydrogen-bond acceptors (Lipinski definition) is 6. The number of amides is 1. The van der Waals surface area contributed by atoms with E-state index in [4.69, 9.17) is 10.8 Å². The molecule has 1 atom stereocenters. The van der Waals surface area contributed by atoms with Crippen LogP contribution in [0.2, 0.25) is 0 Å². The van der Waals surface area contributed by atoms with E-state index < -0.39 is 5.91 Å². The summed E-state index contributed by atoms with van der Waals surface area (Å²) in [6.07, 6.45) is 5.43. The summed E-state index contributed by atoms with van der Waals surface area (Å²) in [7, 11) is 0. The van der Waals surface area contributed by atoms with Crippen LogP contribution in [0, 0.1) is 5.92 Å². The molecule has 116 valence electrons. The van der Waals surface area contributed by atoms with Crippen LogP contribution in [0.15, 0.2) is 6.20 Å². The second kappa shape index (κ2) is 7.21. The highest BCUT2D eigenvalue weighted by Crippen LogP contribution is 2.34. The minimum Gasteiger partial charge on any atom is -0.396 e. The second-order valence-electron chi connectivity index (χ2n) is 5.45. The minimum atomic E-state index is -0.535. The largest absolute Gasteiger partial charge is 0.396 e. The van der Waals surface area contributed by atoms with Gasteiger partial charge in [0.2, 0.25) is 5.95 Å². The topological polar surface area (TPSA) is 113 Å².